The second-order valence-corrected chi connectivity index (χ2v) is 6.90. The number of hydrogen-bond donors (Lipinski definition) is 4. The number of fused-ring (bicyclic) bond motifs is 2. The maximum absolute atomic E-state index is 4.57. The molecule has 6 nitrogen and oxygen atoms in total. The van der Waals surface area contributed by atoms with Gasteiger partial charge in [-0.25, -0.2) is 4.98 Å². The normalized spacial score (nSPS) is 11.2. The summed E-state index contributed by atoms with van der Waals surface area (Å²) in [6.07, 6.45) is 3.71. The molecule has 5 aromatic rings. The molecular weight excluding hydrogens is 348 g/mol. The van der Waals surface area contributed by atoms with Gasteiger partial charge in [-0.05, 0) is 66.4 Å². The quantitative estimate of drug-likeness (QED) is 0.348. The second kappa shape index (κ2) is 6.74. The van der Waals surface area contributed by atoms with Crippen molar-refractivity contribution < 1.29 is 0 Å². The molecule has 0 atom stereocenters. The minimum absolute atomic E-state index is 0.595. The predicted molar refractivity (Wildman–Crippen MR) is 114 cm³/mol. The molecule has 0 bridgehead atoms. The lowest BCUT2D eigenvalue weighted by atomic mass is 10.1. The topological polar surface area (TPSA) is 81.4 Å². The third-order valence-corrected chi connectivity index (χ3v) is 4.75. The molecule has 0 aliphatic carbocycles. The van der Waals surface area contributed by atoms with Crippen LogP contribution in [-0.2, 0) is 6.54 Å². The van der Waals surface area contributed by atoms with E-state index in [-0.39, 0.29) is 0 Å². The highest BCUT2D eigenvalue weighted by molar-refractivity contribution is 5.84. The summed E-state index contributed by atoms with van der Waals surface area (Å²) >= 11 is 0. The lowest BCUT2D eigenvalue weighted by Gasteiger charge is -2.09. The van der Waals surface area contributed by atoms with Crippen LogP contribution in [0.25, 0.3) is 21.8 Å². The van der Waals surface area contributed by atoms with Gasteiger partial charge in [0.1, 0.15) is 5.82 Å². The third-order valence-electron chi connectivity index (χ3n) is 4.75. The molecule has 5 rings (SSSR count). The lowest BCUT2D eigenvalue weighted by molar-refractivity contribution is 1.06. The summed E-state index contributed by atoms with van der Waals surface area (Å²) in [5.74, 6) is 1.35. The first-order chi connectivity index (χ1) is 13.7. The monoisotopic (exact) mass is 368 g/mol. The summed E-state index contributed by atoms with van der Waals surface area (Å²) < 4.78 is 0. The van der Waals surface area contributed by atoms with Crippen molar-refractivity contribution in [1.82, 2.24) is 19.9 Å². The molecule has 0 unspecified atom stereocenters. The molecule has 4 N–H and O–H groups in total. The van der Waals surface area contributed by atoms with Gasteiger partial charge in [0.15, 0.2) is 0 Å². The Morgan fingerprint density at radius 3 is 2.82 bits per heavy atom. The van der Waals surface area contributed by atoms with E-state index in [4.69, 9.17) is 0 Å². The van der Waals surface area contributed by atoms with Gasteiger partial charge >= 0.3 is 0 Å². The first kappa shape index (κ1) is 16.4. The Kier molecular flexibility index (Phi) is 3.94. The van der Waals surface area contributed by atoms with Gasteiger partial charge in [-0.15, -0.1) is 0 Å². The molecule has 0 radical (unpaired) electrons. The van der Waals surface area contributed by atoms with Crippen molar-refractivity contribution in [3.63, 3.8) is 0 Å². The Morgan fingerprint density at radius 2 is 1.86 bits per heavy atom. The van der Waals surface area contributed by atoms with Crippen molar-refractivity contribution in [3.05, 3.63) is 78.2 Å². The van der Waals surface area contributed by atoms with Crippen LogP contribution in [0.3, 0.4) is 0 Å². The van der Waals surface area contributed by atoms with Crippen molar-refractivity contribution in [2.45, 2.75) is 13.5 Å². The van der Waals surface area contributed by atoms with Crippen LogP contribution in [0.4, 0.5) is 17.5 Å². The molecule has 6 heteroatoms. The smallest absolute Gasteiger partial charge is 0.224 e. The summed E-state index contributed by atoms with van der Waals surface area (Å²) in [5.41, 5.74) is 5.60. The van der Waals surface area contributed by atoms with Crippen LogP contribution in [0.5, 0.6) is 0 Å². The molecule has 28 heavy (non-hydrogen) atoms. The highest BCUT2D eigenvalue weighted by Gasteiger charge is 2.04. The maximum Gasteiger partial charge on any atom is 0.224 e. The number of aromatic amines is 2. The first-order valence-corrected chi connectivity index (χ1v) is 9.22. The Balaban J connectivity index is 1.30. The zero-order valence-electron chi connectivity index (χ0n) is 15.5. The third kappa shape index (κ3) is 3.27. The SMILES string of the molecule is Cc1cc2cc(Nc3ccnc(NCc4ccc5[nH]ccc5c4)n3)ccc2[nH]1. The molecule has 0 fully saturated rings. The average molecular weight is 368 g/mol. The van der Waals surface area contributed by atoms with Gasteiger partial charge in [0, 0.05) is 46.7 Å². The van der Waals surface area contributed by atoms with Crippen molar-refractivity contribution >= 4 is 39.3 Å². The van der Waals surface area contributed by atoms with E-state index in [0.717, 1.165) is 28.2 Å². The van der Waals surface area contributed by atoms with E-state index in [0.29, 0.717) is 12.5 Å². The number of benzene rings is 2. The summed E-state index contributed by atoms with van der Waals surface area (Å²) in [7, 11) is 0. The van der Waals surface area contributed by atoms with Gasteiger partial charge in [0.2, 0.25) is 5.95 Å². The van der Waals surface area contributed by atoms with Gasteiger partial charge < -0.3 is 20.6 Å². The molecule has 0 aliphatic rings. The van der Waals surface area contributed by atoms with E-state index in [1.165, 1.54) is 16.3 Å². The summed E-state index contributed by atoms with van der Waals surface area (Å²) in [5, 5.41) is 9.03. The zero-order valence-corrected chi connectivity index (χ0v) is 15.5. The number of hydrogen-bond acceptors (Lipinski definition) is 4. The first-order valence-electron chi connectivity index (χ1n) is 9.22. The Morgan fingerprint density at radius 1 is 0.929 bits per heavy atom. The fourth-order valence-corrected chi connectivity index (χ4v) is 3.41. The van der Waals surface area contributed by atoms with E-state index in [9.17, 15) is 0 Å². The Bertz CT molecular complexity index is 1270. The highest BCUT2D eigenvalue weighted by atomic mass is 15.1. The molecule has 0 saturated carbocycles. The zero-order chi connectivity index (χ0) is 18.9. The summed E-state index contributed by atoms with van der Waals surface area (Å²) in [6.45, 7) is 2.72. The molecule has 2 aromatic carbocycles. The highest BCUT2D eigenvalue weighted by Crippen LogP contribution is 2.22. The largest absolute Gasteiger partial charge is 0.361 e. The molecule has 0 spiro atoms. The Hall–Kier alpha value is -3.80. The Labute approximate surface area is 162 Å². The molecule has 138 valence electrons. The minimum atomic E-state index is 0.595. The fraction of sp³-hybridized carbons (Fsp3) is 0.0909. The van der Waals surface area contributed by atoms with Crippen LogP contribution < -0.4 is 10.6 Å². The molecule has 0 aliphatic heterocycles. The maximum atomic E-state index is 4.57. The van der Waals surface area contributed by atoms with Gasteiger partial charge in [-0.1, -0.05) is 6.07 Å². The van der Waals surface area contributed by atoms with Crippen LogP contribution in [0.2, 0.25) is 0 Å². The fourth-order valence-electron chi connectivity index (χ4n) is 3.41. The molecular formula is C22H20N6. The van der Waals surface area contributed by atoms with Crippen molar-refractivity contribution in [1.29, 1.82) is 0 Å². The van der Waals surface area contributed by atoms with Crippen LogP contribution in [0.15, 0.2) is 67.0 Å². The van der Waals surface area contributed by atoms with Crippen LogP contribution >= 0.6 is 0 Å². The molecule has 3 aromatic heterocycles. The minimum Gasteiger partial charge on any atom is -0.361 e. The van der Waals surface area contributed by atoms with Gasteiger partial charge in [0.25, 0.3) is 0 Å². The van der Waals surface area contributed by atoms with Crippen molar-refractivity contribution in [2.75, 3.05) is 10.6 Å². The van der Waals surface area contributed by atoms with Crippen LogP contribution in [0, 0.1) is 6.92 Å². The predicted octanol–water partition coefficient (Wildman–Crippen LogP) is 5.10. The van der Waals surface area contributed by atoms with E-state index in [1.54, 1.807) is 6.20 Å². The number of rotatable bonds is 5. The van der Waals surface area contributed by atoms with Gasteiger partial charge in [-0.2, -0.15) is 4.98 Å². The average Bonchev–Trinajstić information content (AvgIpc) is 3.31. The number of aromatic nitrogens is 4. The van der Waals surface area contributed by atoms with Crippen molar-refractivity contribution in [3.8, 4) is 0 Å². The number of nitrogens with one attached hydrogen (secondary N) is 4. The van der Waals surface area contributed by atoms with Crippen molar-refractivity contribution in [2.24, 2.45) is 0 Å². The van der Waals surface area contributed by atoms with Crippen LogP contribution in [0.1, 0.15) is 11.3 Å². The number of H-pyrrole nitrogens is 2. The van der Waals surface area contributed by atoms with E-state index in [1.807, 2.05) is 18.3 Å². The molecule has 3 heterocycles. The number of anilines is 3. The van der Waals surface area contributed by atoms with E-state index < -0.39 is 0 Å². The standard InChI is InChI=1S/C22H20N6/c1-14-10-17-12-18(3-5-20(17)26-14)27-21-7-9-24-22(28-21)25-13-15-2-4-19-16(11-15)6-8-23-19/h2-12,23,26H,13H2,1H3,(H2,24,25,27,28). The number of nitrogens with zero attached hydrogens (tertiary/aromatic N) is 2. The van der Waals surface area contributed by atoms with Gasteiger partial charge in [-0.3, -0.25) is 0 Å². The molecule has 0 amide bonds. The van der Waals surface area contributed by atoms with Gasteiger partial charge in [0.05, 0.1) is 0 Å². The second-order valence-electron chi connectivity index (χ2n) is 6.90. The number of aryl methyl sites for hydroxylation is 1. The van der Waals surface area contributed by atoms with E-state index in [2.05, 4.69) is 80.0 Å². The summed E-state index contributed by atoms with van der Waals surface area (Å²) in [4.78, 5) is 15.4. The molecule has 0 saturated heterocycles. The lowest BCUT2D eigenvalue weighted by Crippen LogP contribution is -2.04. The van der Waals surface area contributed by atoms with E-state index >= 15 is 0 Å². The van der Waals surface area contributed by atoms with Crippen LogP contribution in [-0.4, -0.2) is 19.9 Å². The summed E-state index contributed by atoms with van der Waals surface area (Å²) in [6, 6.07) is 18.6.